The molecule has 0 saturated carbocycles. The molecule has 2 saturated heterocycles. The van der Waals surface area contributed by atoms with Crippen LogP contribution in [-0.4, -0.2) is 98.4 Å². The van der Waals surface area contributed by atoms with Gasteiger partial charge in [-0.25, -0.2) is 4.39 Å². The zero-order valence-corrected chi connectivity index (χ0v) is 19.9. The lowest BCUT2D eigenvalue weighted by molar-refractivity contribution is -0.132. The Labute approximate surface area is 192 Å². The monoisotopic (exact) mass is 446 g/mol. The summed E-state index contributed by atoms with van der Waals surface area (Å²) in [6.45, 7) is 6.89. The first kappa shape index (κ1) is 24.5. The number of hydrogen-bond acceptors (Lipinski definition) is 4. The third-order valence-corrected chi connectivity index (χ3v) is 6.25. The van der Waals surface area contributed by atoms with Gasteiger partial charge in [-0.15, -0.1) is 0 Å². The van der Waals surface area contributed by atoms with Crippen LogP contribution in [-0.2, 0) is 17.9 Å². The van der Waals surface area contributed by atoms with Gasteiger partial charge in [0.1, 0.15) is 5.82 Å². The molecule has 3 rings (SSSR count). The van der Waals surface area contributed by atoms with Crippen molar-refractivity contribution < 1.29 is 9.18 Å². The number of aliphatic imine (C=N–C) groups is 1. The predicted octanol–water partition coefficient (Wildman–Crippen LogP) is 1.98. The highest BCUT2D eigenvalue weighted by atomic mass is 19.1. The number of halogens is 1. The van der Waals surface area contributed by atoms with Crippen LogP contribution in [0.4, 0.5) is 4.39 Å². The number of piperazine rings is 1. The fourth-order valence-electron chi connectivity index (χ4n) is 4.44. The minimum absolute atomic E-state index is 0.169. The lowest BCUT2D eigenvalue weighted by Gasteiger charge is -2.37. The molecular formula is C24H39FN6O. The first-order chi connectivity index (χ1) is 15.5. The number of guanidine groups is 1. The molecular weight excluding hydrogens is 407 g/mol. The predicted molar refractivity (Wildman–Crippen MR) is 127 cm³/mol. The number of likely N-dealkylation sites (tertiary alicyclic amines) is 1. The lowest BCUT2D eigenvalue weighted by atomic mass is 10.1. The van der Waals surface area contributed by atoms with Gasteiger partial charge in [-0.3, -0.25) is 14.7 Å². The maximum Gasteiger partial charge on any atom is 0.236 e. The molecule has 32 heavy (non-hydrogen) atoms. The van der Waals surface area contributed by atoms with Gasteiger partial charge in [0.05, 0.1) is 6.54 Å². The molecule has 0 atom stereocenters. The van der Waals surface area contributed by atoms with Gasteiger partial charge in [0, 0.05) is 65.0 Å². The van der Waals surface area contributed by atoms with E-state index in [-0.39, 0.29) is 11.7 Å². The van der Waals surface area contributed by atoms with Crippen molar-refractivity contribution in [2.24, 2.45) is 4.99 Å². The zero-order valence-electron chi connectivity index (χ0n) is 19.9. The molecule has 2 fully saturated rings. The highest BCUT2D eigenvalue weighted by molar-refractivity contribution is 5.80. The molecule has 1 aromatic rings. The molecule has 178 valence electrons. The molecule has 2 heterocycles. The van der Waals surface area contributed by atoms with Crippen molar-refractivity contribution in [1.29, 1.82) is 0 Å². The van der Waals surface area contributed by atoms with Crippen molar-refractivity contribution in [2.45, 2.75) is 38.8 Å². The van der Waals surface area contributed by atoms with Crippen molar-refractivity contribution in [3.63, 3.8) is 0 Å². The number of nitrogens with zero attached hydrogens (tertiary/aromatic N) is 5. The highest BCUT2D eigenvalue weighted by Crippen LogP contribution is 2.13. The number of rotatable bonds is 6. The number of carbonyl (C=O) groups excluding carboxylic acids is 1. The quantitative estimate of drug-likeness (QED) is 0.535. The molecule has 2 aliphatic rings. The number of carbonyl (C=O) groups is 1. The maximum atomic E-state index is 14.0. The van der Waals surface area contributed by atoms with Gasteiger partial charge in [-0.2, -0.15) is 0 Å². The zero-order chi connectivity index (χ0) is 22.9. The van der Waals surface area contributed by atoms with Gasteiger partial charge in [0.2, 0.25) is 5.91 Å². The maximum absolute atomic E-state index is 14.0. The van der Waals surface area contributed by atoms with Crippen molar-refractivity contribution in [3.8, 4) is 0 Å². The van der Waals surface area contributed by atoms with Gasteiger partial charge in [-0.1, -0.05) is 18.9 Å². The molecule has 7 nitrogen and oxygen atoms in total. The lowest BCUT2D eigenvalue weighted by Crippen LogP contribution is -2.54. The summed E-state index contributed by atoms with van der Waals surface area (Å²) in [7, 11) is 5.67. The largest absolute Gasteiger partial charge is 0.352 e. The number of benzene rings is 1. The van der Waals surface area contributed by atoms with E-state index >= 15 is 0 Å². The molecule has 0 aromatic heterocycles. The highest BCUT2D eigenvalue weighted by Gasteiger charge is 2.23. The Bertz CT molecular complexity index is 768. The fourth-order valence-corrected chi connectivity index (χ4v) is 4.44. The Balaban J connectivity index is 1.46. The standard InChI is InChI=1S/C24H39FN6O/c1-26-24(27-17-20-8-9-22(25)21(16-20)18-28(2)3)31-14-12-29(13-15-31)19-23(32)30-10-6-4-5-7-11-30/h8-9,16H,4-7,10-15,17-19H2,1-3H3,(H,26,27). The van der Waals surface area contributed by atoms with Crippen LogP contribution in [0, 0.1) is 5.82 Å². The van der Waals surface area contributed by atoms with Gasteiger partial charge in [-0.05, 0) is 44.6 Å². The molecule has 1 amide bonds. The topological polar surface area (TPSA) is 54.4 Å². The number of amides is 1. The van der Waals surface area contributed by atoms with E-state index in [0.717, 1.165) is 63.6 Å². The second-order valence-electron chi connectivity index (χ2n) is 9.12. The summed E-state index contributed by atoms with van der Waals surface area (Å²) >= 11 is 0. The fraction of sp³-hybridized carbons (Fsp3) is 0.667. The van der Waals surface area contributed by atoms with E-state index in [9.17, 15) is 9.18 Å². The summed E-state index contributed by atoms with van der Waals surface area (Å²) in [5.74, 6) is 0.951. The Morgan fingerprint density at radius 1 is 1.03 bits per heavy atom. The van der Waals surface area contributed by atoms with Crippen molar-refractivity contribution in [2.75, 3.05) is 67.0 Å². The number of nitrogens with one attached hydrogen (secondary N) is 1. The minimum atomic E-state index is -0.169. The molecule has 2 aliphatic heterocycles. The van der Waals surface area contributed by atoms with Crippen LogP contribution in [0.3, 0.4) is 0 Å². The molecule has 1 N–H and O–H groups in total. The molecule has 0 bridgehead atoms. The number of hydrogen-bond donors (Lipinski definition) is 1. The summed E-state index contributed by atoms with van der Waals surface area (Å²) < 4.78 is 14.0. The van der Waals surface area contributed by atoms with E-state index in [1.807, 2.05) is 36.0 Å². The summed E-state index contributed by atoms with van der Waals surface area (Å²) in [6, 6.07) is 5.28. The van der Waals surface area contributed by atoms with Gasteiger partial charge in [0.15, 0.2) is 5.96 Å². The SMILES string of the molecule is CN=C(NCc1ccc(F)c(CN(C)C)c1)N1CCN(CC(=O)N2CCCCCC2)CC1. The second kappa shape index (κ2) is 12.2. The normalized spacial score (nSPS) is 18.7. The second-order valence-corrected chi connectivity index (χ2v) is 9.12. The molecule has 0 aliphatic carbocycles. The smallest absolute Gasteiger partial charge is 0.236 e. The van der Waals surface area contributed by atoms with E-state index in [0.29, 0.717) is 25.2 Å². The van der Waals surface area contributed by atoms with Gasteiger partial charge in [0.25, 0.3) is 0 Å². The van der Waals surface area contributed by atoms with E-state index in [1.54, 1.807) is 13.1 Å². The molecule has 8 heteroatoms. The van der Waals surface area contributed by atoms with E-state index in [2.05, 4.69) is 20.1 Å². The average molecular weight is 447 g/mol. The van der Waals surface area contributed by atoms with Crippen LogP contribution >= 0.6 is 0 Å². The Kier molecular flexibility index (Phi) is 9.29. The van der Waals surface area contributed by atoms with Crippen LogP contribution in [0.2, 0.25) is 0 Å². The Morgan fingerprint density at radius 2 is 1.72 bits per heavy atom. The summed E-state index contributed by atoms with van der Waals surface area (Å²) in [4.78, 5) is 25.6. The first-order valence-corrected chi connectivity index (χ1v) is 11.8. The van der Waals surface area contributed by atoms with Crippen LogP contribution in [0.25, 0.3) is 0 Å². The van der Waals surface area contributed by atoms with Crippen LogP contribution in [0.15, 0.2) is 23.2 Å². The minimum Gasteiger partial charge on any atom is -0.352 e. The van der Waals surface area contributed by atoms with Gasteiger partial charge >= 0.3 is 0 Å². The van der Waals surface area contributed by atoms with E-state index in [1.165, 1.54) is 12.8 Å². The first-order valence-electron chi connectivity index (χ1n) is 11.8. The third kappa shape index (κ3) is 7.17. The van der Waals surface area contributed by atoms with Crippen LogP contribution in [0.1, 0.15) is 36.8 Å². The van der Waals surface area contributed by atoms with Crippen molar-refractivity contribution in [1.82, 2.24) is 24.9 Å². The van der Waals surface area contributed by atoms with E-state index < -0.39 is 0 Å². The third-order valence-electron chi connectivity index (χ3n) is 6.25. The van der Waals surface area contributed by atoms with Crippen molar-refractivity contribution in [3.05, 3.63) is 35.1 Å². The molecule has 0 spiro atoms. The van der Waals surface area contributed by atoms with Crippen LogP contribution < -0.4 is 5.32 Å². The summed E-state index contributed by atoms with van der Waals surface area (Å²) in [6.07, 6.45) is 4.74. The molecule has 0 radical (unpaired) electrons. The van der Waals surface area contributed by atoms with E-state index in [4.69, 9.17) is 0 Å². The Morgan fingerprint density at radius 3 is 2.34 bits per heavy atom. The van der Waals surface area contributed by atoms with Gasteiger partial charge < -0.3 is 20.0 Å². The molecule has 0 unspecified atom stereocenters. The van der Waals surface area contributed by atoms with Crippen LogP contribution in [0.5, 0.6) is 0 Å². The average Bonchev–Trinajstić information content (AvgIpc) is 3.07. The summed E-state index contributed by atoms with van der Waals surface area (Å²) in [5, 5.41) is 3.42. The van der Waals surface area contributed by atoms with Crippen molar-refractivity contribution >= 4 is 11.9 Å². The summed E-state index contributed by atoms with van der Waals surface area (Å²) in [5.41, 5.74) is 1.73. The molecule has 1 aromatic carbocycles. The Hall–Kier alpha value is -2.19.